The Hall–Kier alpha value is -2.20. The van der Waals surface area contributed by atoms with Crippen LogP contribution < -0.4 is 0 Å². The van der Waals surface area contributed by atoms with E-state index in [0.29, 0.717) is 5.89 Å². The molecular weight excluding hydrogens is 294 g/mol. The number of rotatable bonds is 5. The van der Waals surface area contributed by atoms with Gasteiger partial charge < -0.3 is 9.52 Å². The molecule has 0 amide bonds. The molecule has 0 saturated heterocycles. The van der Waals surface area contributed by atoms with E-state index < -0.39 is 0 Å². The first-order valence-electron chi connectivity index (χ1n) is 7.20. The first kappa shape index (κ1) is 14.7. The molecule has 0 radical (unpaired) electrons. The molecule has 22 heavy (non-hydrogen) atoms. The number of phenolic OH excluding ortho intramolecular Hbond substituents is 1. The molecule has 3 aromatic rings. The van der Waals surface area contributed by atoms with Crippen molar-refractivity contribution in [3.63, 3.8) is 0 Å². The van der Waals surface area contributed by atoms with E-state index in [1.54, 1.807) is 24.0 Å². The highest BCUT2D eigenvalue weighted by molar-refractivity contribution is 7.99. The van der Waals surface area contributed by atoms with Crippen molar-refractivity contribution in [1.29, 1.82) is 0 Å². The second-order valence-electron chi connectivity index (χ2n) is 4.82. The summed E-state index contributed by atoms with van der Waals surface area (Å²) in [5.41, 5.74) is 1.83. The second-order valence-corrected chi connectivity index (χ2v) is 6.21. The van der Waals surface area contributed by atoms with Crippen LogP contribution in [0.4, 0.5) is 0 Å². The SMILES string of the molecule is CCSC(c1ncc(-c2ccccc2)o1)c1ccccc1O. The molecular formula is C18H17NO2S. The number of hydrogen-bond acceptors (Lipinski definition) is 4. The summed E-state index contributed by atoms with van der Waals surface area (Å²) in [6.45, 7) is 2.08. The van der Waals surface area contributed by atoms with Gasteiger partial charge >= 0.3 is 0 Å². The van der Waals surface area contributed by atoms with E-state index in [1.165, 1.54) is 0 Å². The Balaban J connectivity index is 1.97. The van der Waals surface area contributed by atoms with Crippen molar-refractivity contribution in [2.45, 2.75) is 12.2 Å². The molecule has 1 unspecified atom stereocenters. The summed E-state index contributed by atoms with van der Waals surface area (Å²) in [6, 6.07) is 17.2. The molecule has 4 heteroatoms. The van der Waals surface area contributed by atoms with E-state index in [-0.39, 0.29) is 11.0 Å². The van der Waals surface area contributed by atoms with Crippen LogP contribution in [0.15, 0.2) is 65.2 Å². The van der Waals surface area contributed by atoms with Crippen LogP contribution in [0.25, 0.3) is 11.3 Å². The third-order valence-corrected chi connectivity index (χ3v) is 4.48. The van der Waals surface area contributed by atoms with Gasteiger partial charge in [-0.25, -0.2) is 4.98 Å². The number of benzene rings is 2. The first-order valence-corrected chi connectivity index (χ1v) is 8.25. The number of nitrogens with zero attached hydrogens (tertiary/aromatic N) is 1. The minimum Gasteiger partial charge on any atom is -0.508 e. The largest absolute Gasteiger partial charge is 0.508 e. The normalized spacial score (nSPS) is 12.2. The predicted octanol–water partition coefficient (Wildman–Crippen LogP) is 4.89. The Labute approximate surface area is 134 Å². The zero-order chi connectivity index (χ0) is 15.4. The molecule has 0 aliphatic heterocycles. The second kappa shape index (κ2) is 6.71. The molecule has 0 aliphatic carbocycles. The molecule has 1 aromatic heterocycles. The fourth-order valence-corrected chi connectivity index (χ4v) is 3.28. The molecule has 0 spiro atoms. The number of para-hydroxylation sites is 1. The fraction of sp³-hybridized carbons (Fsp3) is 0.167. The highest BCUT2D eigenvalue weighted by Gasteiger charge is 2.22. The van der Waals surface area contributed by atoms with Gasteiger partial charge in [0.25, 0.3) is 0 Å². The maximum atomic E-state index is 10.1. The zero-order valence-corrected chi connectivity index (χ0v) is 13.1. The van der Waals surface area contributed by atoms with E-state index in [0.717, 1.165) is 22.6 Å². The molecule has 0 aliphatic rings. The lowest BCUT2D eigenvalue weighted by Gasteiger charge is -2.14. The van der Waals surface area contributed by atoms with Gasteiger partial charge in [-0.05, 0) is 11.8 Å². The average Bonchev–Trinajstić information content (AvgIpc) is 3.04. The number of aromatic hydroxyl groups is 1. The van der Waals surface area contributed by atoms with E-state index in [2.05, 4.69) is 11.9 Å². The third-order valence-electron chi connectivity index (χ3n) is 3.36. The molecule has 0 bridgehead atoms. The van der Waals surface area contributed by atoms with Crippen LogP contribution in [-0.4, -0.2) is 15.8 Å². The van der Waals surface area contributed by atoms with Crippen LogP contribution in [0, 0.1) is 0 Å². The first-order chi connectivity index (χ1) is 10.8. The Bertz CT molecular complexity index is 740. The van der Waals surface area contributed by atoms with Gasteiger partial charge in [-0.1, -0.05) is 55.5 Å². The lowest BCUT2D eigenvalue weighted by Crippen LogP contribution is -1.98. The molecule has 112 valence electrons. The highest BCUT2D eigenvalue weighted by Crippen LogP contribution is 2.40. The molecule has 3 rings (SSSR count). The average molecular weight is 311 g/mol. The van der Waals surface area contributed by atoms with Crippen molar-refractivity contribution in [3.05, 3.63) is 72.2 Å². The third kappa shape index (κ3) is 3.02. The smallest absolute Gasteiger partial charge is 0.212 e. The van der Waals surface area contributed by atoms with E-state index in [4.69, 9.17) is 4.42 Å². The Kier molecular flexibility index (Phi) is 4.49. The topological polar surface area (TPSA) is 46.3 Å². The van der Waals surface area contributed by atoms with Crippen LogP contribution in [0.3, 0.4) is 0 Å². The van der Waals surface area contributed by atoms with E-state index in [9.17, 15) is 5.11 Å². The molecule has 1 atom stereocenters. The number of hydrogen-bond donors (Lipinski definition) is 1. The van der Waals surface area contributed by atoms with E-state index in [1.807, 2.05) is 48.5 Å². The van der Waals surface area contributed by atoms with E-state index >= 15 is 0 Å². The van der Waals surface area contributed by atoms with Gasteiger partial charge in [0, 0.05) is 11.1 Å². The molecule has 0 fully saturated rings. The van der Waals surface area contributed by atoms with Gasteiger partial charge in [0.15, 0.2) is 5.76 Å². The standard InChI is InChI=1S/C18H17NO2S/c1-2-22-17(14-10-6-7-11-15(14)20)18-19-12-16(21-18)13-8-4-3-5-9-13/h3-12,17,20H,2H2,1H3. The predicted molar refractivity (Wildman–Crippen MR) is 90.0 cm³/mol. The maximum Gasteiger partial charge on any atom is 0.212 e. The number of aromatic nitrogens is 1. The summed E-state index contributed by atoms with van der Waals surface area (Å²) in [4.78, 5) is 4.43. The monoisotopic (exact) mass is 311 g/mol. The van der Waals surface area contributed by atoms with Crippen molar-refractivity contribution in [2.24, 2.45) is 0 Å². The number of thioether (sulfide) groups is 1. The number of phenols is 1. The summed E-state index contributed by atoms with van der Waals surface area (Å²) in [6.07, 6.45) is 1.74. The van der Waals surface area contributed by atoms with Crippen molar-refractivity contribution in [1.82, 2.24) is 4.98 Å². The van der Waals surface area contributed by atoms with Crippen molar-refractivity contribution in [3.8, 4) is 17.1 Å². The van der Waals surface area contributed by atoms with Gasteiger partial charge in [-0.15, -0.1) is 11.8 Å². The fourth-order valence-electron chi connectivity index (χ4n) is 2.31. The molecule has 1 heterocycles. The summed E-state index contributed by atoms with van der Waals surface area (Å²) in [5.74, 6) is 2.54. The lowest BCUT2D eigenvalue weighted by molar-refractivity contribution is 0.461. The Morgan fingerprint density at radius 3 is 2.55 bits per heavy atom. The molecule has 2 aromatic carbocycles. The van der Waals surface area contributed by atoms with Gasteiger partial charge in [-0.3, -0.25) is 0 Å². The zero-order valence-electron chi connectivity index (χ0n) is 12.3. The van der Waals surface area contributed by atoms with Gasteiger partial charge in [0.1, 0.15) is 11.0 Å². The van der Waals surface area contributed by atoms with Crippen LogP contribution >= 0.6 is 11.8 Å². The minimum absolute atomic E-state index is 0.108. The quantitative estimate of drug-likeness (QED) is 0.728. The highest BCUT2D eigenvalue weighted by atomic mass is 32.2. The van der Waals surface area contributed by atoms with Crippen LogP contribution in [0.2, 0.25) is 0 Å². The van der Waals surface area contributed by atoms with Gasteiger partial charge in [-0.2, -0.15) is 0 Å². The van der Waals surface area contributed by atoms with Crippen molar-refractivity contribution >= 4 is 11.8 Å². The summed E-state index contributed by atoms with van der Waals surface area (Å²) in [7, 11) is 0. The van der Waals surface area contributed by atoms with Crippen LogP contribution in [0.1, 0.15) is 23.6 Å². The van der Waals surface area contributed by atoms with Gasteiger partial charge in [0.2, 0.25) is 5.89 Å². The van der Waals surface area contributed by atoms with Gasteiger partial charge in [0.05, 0.1) is 6.20 Å². The molecule has 1 N–H and O–H groups in total. The van der Waals surface area contributed by atoms with Crippen molar-refractivity contribution < 1.29 is 9.52 Å². The Morgan fingerprint density at radius 1 is 1.09 bits per heavy atom. The van der Waals surface area contributed by atoms with Crippen LogP contribution in [0.5, 0.6) is 5.75 Å². The minimum atomic E-state index is -0.108. The lowest BCUT2D eigenvalue weighted by atomic mass is 10.1. The Morgan fingerprint density at radius 2 is 1.82 bits per heavy atom. The summed E-state index contributed by atoms with van der Waals surface area (Å²) >= 11 is 1.69. The molecule has 3 nitrogen and oxygen atoms in total. The van der Waals surface area contributed by atoms with Crippen LogP contribution in [-0.2, 0) is 0 Å². The summed E-state index contributed by atoms with van der Waals surface area (Å²) < 4.78 is 5.95. The maximum absolute atomic E-state index is 10.1. The summed E-state index contributed by atoms with van der Waals surface area (Å²) in [5, 5.41) is 10.0. The number of oxazole rings is 1. The molecule has 0 saturated carbocycles. The van der Waals surface area contributed by atoms with Crippen molar-refractivity contribution in [2.75, 3.05) is 5.75 Å².